The lowest BCUT2D eigenvalue weighted by Gasteiger charge is -2.24. The number of rotatable bonds is 4. The first-order chi connectivity index (χ1) is 8.68. The molecule has 1 saturated heterocycles. The van der Waals surface area contributed by atoms with Crippen LogP contribution in [0.15, 0.2) is 16.9 Å². The minimum absolute atomic E-state index is 0.000171. The van der Waals surface area contributed by atoms with E-state index in [1.807, 2.05) is 0 Å². The van der Waals surface area contributed by atoms with E-state index in [0.29, 0.717) is 22.7 Å². The second-order valence-corrected chi connectivity index (χ2v) is 5.15. The highest BCUT2D eigenvalue weighted by Crippen LogP contribution is 2.31. The Balaban J connectivity index is 2.05. The predicted octanol–water partition coefficient (Wildman–Crippen LogP) is 2.31. The van der Waals surface area contributed by atoms with Gasteiger partial charge in [0.15, 0.2) is 0 Å². The van der Waals surface area contributed by atoms with Gasteiger partial charge in [0.2, 0.25) is 0 Å². The molecule has 18 heavy (non-hydrogen) atoms. The average Bonchev–Trinajstić information content (AvgIpc) is 2.38. The zero-order valence-electron chi connectivity index (χ0n) is 9.86. The van der Waals surface area contributed by atoms with Crippen LogP contribution in [0.3, 0.4) is 0 Å². The molecule has 0 saturated carbocycles. The van der Waals surface area contributed by atoms with Gasteiger partial charge in [0.05, 0.1) is 9.40 Å². The molecule has 0 radical (unpaired) electrons. The van der Waals surface area contributed by atoms with Crippen LogP contribution in [0.1, 0.15) is 19.3 Å². The van der Waals surface area contributed by atoms with Gasteiger partial charge in [-0.1, -0.05) is 6.42 Å². The maximum Gasteiger partial charge on any atom is 0.311 e. The van der Waals surface area contributed by atoms with Gasteiger partial charge >= 0.3 is 5.69 Å². The largest absolute Gasteiger partial charge is 0.377 e. The molecule has 0 amide bonds. The van der Waals surface area contributed by atoms with Crippen LogP contribution in [0.25, 0.3) is 0 Å². The summed E-state index contributed by atoms with van der Waals surface area (Å²) in [6, 6.07) is 0.374. The predicted molar refractivity (Wildman–Crippen MR) is 72.7 cm³/mol. The minimum atomic E-state index is -0.422. The van der Waals surface area contributed by atoms with Gasteiger partial charge in [-0.2, -0.15) is 0 Å². The number of halogens is 1. The SMILES string of the molecule is O=[N+]([O-])c1cncc(Br)c1NCC1CCCCN1. The van der Waals surface area contributed by atoms with Crippen molar-refractivity contribution in [2.24, 2.45) is 0 Å². The Morgan fingerprint density at radius 3 is 3.06 bits per heavy atom. The Morgan fingerprint density at radius 2 is 2.39 bits per heavy atom. The van der Waals surface area contributed by atoms with Gasteiger partial charge in [0.25, 0.3) is 0 Å². The van der Waals surface area contributed by atoms with E-state index in [1.165, 1.54) is 19.0 Å². The van der Waals surface area contributed by atoms with Crippen LogP contribution in [0.2, 0.25) is 0 Å². The smallest absolute Gasteiger partial charge is 0.311 e. The number of nitrogens with zero attached hydrogens (tertiary/aromatic N) is 2. The van der Waals surface area contributed by atoms with Crippen molar-refractivity contribution in [2.45, 2.75) is 25.3 Å². The molecule has 2 rings (SSSR count). The molecule has 1 atom stereocenters. The molecular formula is C11H15BrN4O2. The van der Waals surface area contributed by atoms with E-state index < -0.39 is 4.92 Å². The molecule has 2 N–H and O–H groups in total. The van der Waals surface area contributed by atoms with Crippen LogP contribution in [-0.4, -0.2) is 29.0 Å². The van der Waals surface area contributed by atoms with Crippen LogP contribution in [0.4, 0.5) is 11.4 Å². The third kappa shape index (κ3) is 3.17. The zero-order valence-corrected chi connectivity index (χ0v) is 11.4. The fourth-order valence-electron chi connectivity index (χ4n) is 2.06. The summed E-state index contributed by atoms with van der Waals surface area (Å²) in [6.07, 6.45) is 6.34. The van der Waals surface area contributed by atoms with E-state index in [0.717, 1.165) is 13.0 Å². The summed E-state index contributed by atoms with van der Waals surface area (Å²) in [5.41, 5.74) is 0.502. The Bertz CT molecular complexity index is 435. The van der Waals surface area contributed by atoms with E-state index in [4.69, 9.17) is 0 Å². The first-order valence-corrected chi connectivity index (χ1v) is 6.73. The molecule has 0 aliphatic carbocycles. The van der Waals surface area contributed by atoms with Crippen molar-refractivity contribution < 1.29 is 4.92 Å². The molecule has 0 spiro atoms. The van der Waals surface area contributed by atoms with Crippen LogP contribution < -0.4 is 10.6 Å². The van der Waals surface area contributed by atoms with Gasteiger partial charge in [-0.15, -0.1) is 0 Å². The molecule has 6 nitrogen and oxygen atoms in total. The lowest BCUT2D eigenvalue weighted by atomic mass is 10.1. The van der Waals surface area contributed by atoms with Crippen molar-refractivity contribution in [3.05, 3.63) is 27.0 Å². The fourth-order valence-corrected chi connectivity index (χ4v) is 2.52. The minimum Gasteiger partial charge on any atom is -0.377 e. The number of anilines is 1. The molecule has 0 bridgehead atoms. The molecule has 98 valence electrons. The molecule has 1 fully saturated rings. The van der Waals surface area contributed by atoms with E-state index in [-0.39, 0.29) is 5.69 Å². The van der Waals surface area contributed by atoms with Crippen LogP contribution in [-0.2, 0) is 0 Å². The number of aromatic nitrogens is 1. The Labute approximate surface area is 113 Å². The Kier molecular flexibility index (Phi) is 4.48. The molecule has 1 aliphatic heterocycles. The summed E-state index contributed by atoms with van der Waals surface area (Å²) in [7, 11) is 0. The summed E-state index contributed by atoms with van der Waals surface area (Å²) >= 11 is 3.29. The fraction of sp³-hybridized carbons (Fsp3) is 0.545. The molecule has 1 aromatic heterocycles. The maximum atomic E-state index is 10.9. The van der Waals surface area contributed by atoms with Crippen molar-refractivity contribution >= 4 is 27.3 Å². The molecule has 2 heterocycles. The van der Waals surface area contributed by atoms with Gasteiger partial charge in [-0.05, 0) is 35.3 Å². The van der Waals surface area contributed by atoms with Gasteiger partial charge < -0.3 is 10.6 Å². The quantitative estimate of drug-likeness (QED) is 0.658. The summed E-state index contributed by atoms with van der Waals surface area (Å²) in [4.78, 5) is 14.3. The lowest BCUT2D eigenvalue weighted by Crippen LogP contribution is -2.39. The number of piperidine rings is 1. The lowest BCUT2D eigenvalue weighted by molar-refractivity contribution is -0.384. The molecule has 1 unspecified atom stereocenters. The Morgan fingerprint density at radius 1 is 1.56 bits per heavy atom. The third-order valence-corrected chi connectivity index (χ3v) is 3.62. The van der Waals surface area contributed by atoms with E-state index in [9.17, 15) is 10.1 Å². The number of nitrogens with one attached hydrogen (secondary N) is 2. The highest BCUT2D eigenvalue weighted by molar-refractivity contribution is 9.10. The van der Waals surface area contributed by atoms with E-state index >= 15 is 0 Å². The summed E-state index contributed by atoms with van der Waals surface area (Å²) in [6.45, 7) is 1.70. The highest BCUT2D eigenvalue weighted by atomic mass is 79.9. The van der Waals surface area contributed by atoms with Gasteiger partial charge in [0, 0.05) is 18.8 Å². The van der Waals surface area contributed by atoms with E-state index in [1.54, 1.807) is 6.20 Å². The number of hydrogen-bond acceptors (Lipinski definition) is 5. The van der Waals surface area contributed by atoms with Gasteiger partial charge in [-0.25, -0.2) is 0 Å². The van der Waals surface area contributed by atoms with Crippen molar-refractivity contribution in [2.75, 3.05) is 18.4 Å². The second-order valence-electron chi connectivity index (χ2n) is 4.30. The first-order valence-electron chi connectivity index (χ1n) is 5.93. The molecule has 1 aliphatic rings. The van der Waals surface area contributed by atoms with E-state index in [2.05, 4.69) is 31.5 Å². The standard InChI is InChI=1S/C11H15BrN4O2/c12-9-6-13-7-10(16(17)18)11(9)15-5-8-3-1-2-4-14-8/h6-8,14H,1-5H2,(H,13,15). The van der Waals surface area contributed by atoms with Gasteiger partial charge in [-0.3, -0.25) is 15.1 Å². The molecular weight excluding hydrogens is 300 g/mol. The summed E-state index contributed by atoms with van der Waals surface area (Å²) in [5.74, 6) is 0. The van der Waals surface area contributed by atoms with Crippen molar-refractivity contribution in [1.82, 2.24) is 10.3 Å². The monoisotopic (exact) mass is 314 g/mol. The number of nitro groups is 1. The molecule has 7 heteroatoms. The first kappa shape index (κ1) is 13.2. The molecule has 1 aromatic rings. The maximum absolute atomic E-state index is 10.9. The van der Waals surface area contributed by atoms with Crippen LogP contribution in [0.5, 0.6) is 0 Å². The van der Waals surface area contributed by atoms with Crippen molar-refractivity contribution in [1.29, 1.82) is 0 Å². The number of hydrogen-bond donors (Lipinski definition) is 2. The van der Waals surface area contributed by atoms with Gasteiger partial charge in [0.1, 0.15) is 11.9 Å². The Hall–Kier alpha value is -1.21. The number of pyridine rings is 1. The zero-order chi connectivity index (χ0) is 13.0. The van der Waals surface area contributed by atoms with Crippen LogP contribution >= 0.6 is 15.9 Å². The normalized spacial score (nSPS) is 19.5. The van der Waals surface area contributed by atoms with Crippen LogP contribution in [0, 0.1) is 10.1 Å². The third-order valence-electron chi connectivity index (χ3n) is 3.01. The summed E-state index contributed by atoms with van der Waals surface area (Å²) < 4.78 is 0.618. The summed E-state index contributed by atoms with van der Waals surface area (Å²) in [5, 5.41) is 17.4. The average molecular weight is 315 g/mol. The second kappa shape index (κ2) is 6.10. The highest BCUT2D eigenvalue weighted by Gasteiger charge is 2.19. The van der Waals surface area contributed by atoms with Crippen molar-refractivity contribution in [3.8, 4) is 0 Å². The van der Waals surface area contributed by atoms with Crippen molar-refractivity contribution in [3.63, 3.8) is 0 Å². The topological polar surface area (TPSA) is 80.1 Å². The molecule has 0 aromatic carbocycles.